The average Bonchev–Trinajstić information content (AvgIpc) is 3.86. The molecule has 2 aromatic carbocycles. The number of Topliss-reactive ketones (excluding diaryl/α,β-unsaturated/α-hetero) is 4. The number of nitrogens with zero attached hydrogens (tertiary/aromatic N) is 6. The maximum atomic E-state index is 13.6. The van der Waals surface area contributed by atoms with Crippen LogP contribution in [0.4, 0.5) is 0 Å². The molecule has 0 N–H and O–H groups in total. The van der Waals surface area contributed by atoms with E-state index in [1.54, 1.807) is 11.3 Å². The summed E-state index contributed by atoms with van der Waals surface area (Å²) in [6, 6.07) is 11.8. The van der Waals surface area contributed by atoms with Gasteiger partial charge in [0.2, 0.25) is 0 Å². The first-order chi connectivity index (χ1) is 26.2. The van der Waals surface area contributed by atoms with Crippen LogP contribution in [0.1, 0.15) is 75.6 Å². The van der Waals surface area contributed by atoms with E-state index in [4.69, 9.17) is 23.1 Å². The summed E-state index contributed by atoms with van der Waals surface area (Å²) in [6.45, 7) is 23.2. The third-order valence-electron chi connectivity index (χ3n) is 13.3. The van der Waals surface area contributed by atoms with Crippen molar-refractivity contribution in [1.82, 2.24) is 0 Å². The summed E-state index contributed by atoms with van der Waals surface area (Å²) >= 11 is 1.65. The summed E-state index contributed by atoms with van der Waals surface area (Å²) in [5, 5.41) is 21.3. The van der Waals surface area contributed by atoms with Crippen LogP contribution in [0.3, 0.4) is 0 Å². The molecule has 0 amide bonds. The molecule has 3 aromatic rings. The van der Waals surface area contributed by atoms with Crippen LogP contribution >= 0.6 is 11.3 Å². The van der Waals surface area contributed by atoms with Gasteiger partial charge in [0, 0.05) is 67.5 Å². The molecule has 1 heterocycles. The van der Waals surface area contributed by atoms with E-state index in [-0.39, 0.29) is 60.2 Å². The number of ketones is 4. The van der Waals surface area contributed by atoms with Gasteiger partial charge in [-0.3, -0.25) is 19.2 Å². The van der Waals surface area contributed by atoms with Crippen molar-refractivity contribution in [3.8, 4) is 12.1 Å². The molecule has 1 aromatic heterocycles. The van der Waals surface area contributed by atoms with E-state index in [1.165, 1.54) is 0 Å². The van der Waals surface area contributed by atoms with Gasteiger partial charge >= 0.3 is 0 Å². The summed E-state index contributed by atoms with van der Waals surface area (Å²) in [7, 11) is 0. The zero-order valence-corrected chi connectivity index (χ0v) is 31.5. The fourth-order valence-corrected chi connectivity index (χ4v) is 11.2. The Morgan fingerprint density at radius 2 is 1.00 bits per heavy atom. The molecule has 0 bridgehead atoms. The van der Waals surface area contributed by atoms with Gasteiger partial charge in [-0.1, -0.05) is 27.7 Å². The second-order valence-electron chi connectivity index (χ2n) is 16.9. The van der Waals surface area contributed by atoms with Crippen molar-refractivity contribution in [2.75, 3.05) is 0 Å². The van der Waals surface area contributed by atoms with Gasteiger partial charge in [-0.05, 0) is 71.5 Å². The third-order valence-corrected chi connectivity index (χ3v) is 14.5. The number of aliphatic imine (C=N–C) groups is 2. The Hall–Kier alpha value is -5.88. The number of carbonyl (C=O) groups is 4. The highest BCUT2D eigenvalue weighted by atomic mass is 32.1. The lowest BCUT2D eigenvalue weighted by Gasteiger charge is -2.29. The van der Waals surface area contributed by atoms with Crippen LogP contribution in [0.2, 0.25) is 0 Å². The van der Waals surface area contributed by atoms with Gasteiger partial charge in [-0.25, -0.2) is 23.1 Å². The summed E-state index contributed by atoms with van der Waals surface area (Å²) < 4.78 is 2.15. The number of allylic oxidation sites excluding steroid dienone is 2. The average molecular weight is 743 g/mol. The van der Waals surface area contributed by atoms with E-state index < -0.39 is 58.4 Å². The van der Waals surface area contributed by atoms with Gasteiger partial charge in [-0.2, -0.15) is 10.5 Å². The normalized spacial score (nSPS) is 31.1. The van der Waals surface area contributed by atoms with E-state index in [0.717, 1.165) is 42.4 Å². The molecular weight excluding hydrogens is 709 g/mol. The molecule has 8 atom stereocenters. The molecular formula is C44H34N6O4S. The first kappa shape index (κ1) is 34.9. The number of nitriles is 2. The Labute approximate surface area is 321 Å². The first-order valence-corrected chi connectivity index (χ1v) is 19.4. The van der Waals surface area contributed by atoms with Crippen molar-refractivity contribution in [3.63, 3.8) is 0 Å². The molecule has 9 rings (SSSR count). The molecule has 0 radical (unpaired) electrons. The van der Waals surface area contributed by atoms with Gasteiger partial charge in [0.15, 0.2) is 23.1 Å². The van der Waals surface area contributed by atoms with Crippen molar-refractivity contribution < 1.29 is 19.2 Å². The van der Waals surface area contributed by atoms with Crippen LogP contribution in [-0.2, 0) is 30.0 Å². The summed E-state index contributed by atoms with van der Waals surface area (Å²) in [5.41, 5.74) is 3.86. The Morgan fingerprint density at radius 1 is 0.636 bits per heavy atom. The predicted octanol–water partition coefficient (Wildman–Crippen LogP) is 7.41. The van der Waals surface area contributed by atoms with E-state index in [2.05, 4.69) is 46.1 Å². The van der Waals surface area contributed by atoms with E-state index in [0.29, 0.717) is 11.4 Å². The van der Waals surface area contributed by atoms with Crippen LogP contribution in [0.15, 0.2) is 45.6 Å². The molecule has 55 heavy (non-hydrogen) atoms. The lowest BCUT2D eigenvalue weighted by atomic mass is 9.70. The number of hydrogen-bond donors (Lipinski definition) is 0. The molecule has 10 nitrogen and oxygen atoms in total. The van der Waals surface area contributed by atoms with Crippen LogP contribution < -0.4 is 0 Å². The second-order valence-corrected chi connectivity index (χ2v) is 18.0. The second kappa shape index (κ2) is 11.8. The van der Waals surface area contributed by atoms with Crippen molar-refractivity contribution >= 4 is 78.2 Å². The molecule has 6 aliphatic rings. The zero-order valence-electron chi connectivity index (χ0n) is 30.6. The van der Waals surface area contributed by atoms with Gasteiger partial charge in [0.1, 0.15) is 11.4 Å². The van der Waals surface area contributed by atoms with Crippen molar-refractivity contribution in [2.24, 2.45) is 45.5 Å². The van der Waals surface area contributed by atoms with Gasteiger partial charge in [-0.15, -0.1) is 11.3 Å². The standard InChI is InChI=1S/C44H34N6O4S/c1-43(2)29-13-23-24-14-30-20(12-36(44(30,3)4)50-38-41(53)27-15-31(47-5)32(48-6)16-28(27)42(38)54)10-34(24)55-33(23)9-19(29)11-35(43)49-37-39(51)25-7-21(17-45)22(18-46)8-26(25)40(37)52/h9-14,21-22,25-28,31-32H,7-8,15-16H2,1-4H3. The highest BCUT2D eigenvalue weighted by molar-refractivity contribution is 7.25. The number of fused-ring (bicyclic) bond motifs is 7. The molecule has 4 fully saturated rings. The number of hydrogen-bond acceptors (Lipinski definition) is 9. The highest BCUT2D eigenvalue weighted by Gasteiger charge is 2.57. The summed E-state index contributed by atoms with van der Waals surface area (Å²) in [6.07, 6.45) is 4.74. The van der Waals surface area contributed by atoms with Crippen LogP contribution in [0.25, 0.3) is 42.0 Å². The molecule has 0 spiro atoms. The fraction of sp³-hybridized carbons (Fsp3) is 0.409. The molecule has 0 saturated heterocycles. The van der Waals surface area contributed by atoms with Crippen LogP contribution in [0, 0.1) is 71.3 Å². The minimum atomic E-state index is -0.620. The minimum Gasteiger partial charge on any atom is -0.305 e. The number of rotatable bonds is 2. The van der Waals surface area contributed by atoms with Crippen molar-refractivity contribution in [2.45, 2.75) is 76.3 Å². The smallest absolute Gasteiger partial charge is 0.297 e. The van der Waals surface area contributed by atoms with Crippen molar-refractivity contribution in [1.29, 1.82) is 10.5 Å². The molecule has 270 valence electrons. The Bertz CT molecular complexity index is 2430. The topological polar surface area (TPSA) is 149 Å². The van der Waals surface area contributed by atoms with E-state index >= 15 is 0 Å². The van der Waals surface area contributed by atoms with E-state index in [1.807, 2.05) is 39.8 Å². The first-order valence-electron chi connectivity index (χ1n) is 18.6. The van der Waals surface area contributed by atoms with Crippen LogP contribution in [0.5, 0.6) is 0 Å². The number of carbonyl (C=O) groups excluding carboxylic acids is 4. The number of thiophene rings is 1. The fourth-order valence-electron chi connectivity index (χ4n) is 9.99. The number of benzene rings is 2. The minimum absolute atomic E-state index is 0.0640. The SMILES string of the molecule is [C-]#[N+]C1CC2C(=O)C(=NC3=Cc4cc5sc6cc7c(cc6c5cc4C3(C)C)C(C)(C)C(N=C3C(=O)C4CC(C#N)C(C#N)CC4C3=O)=C7)C(=O)C2CC1[N+]#[C-]. The Kier molecular flexibility index (Phi) is 7.48. The quantitative estimate of drug-likeness (QED) is 0.250. The molecule has 4 saturated carbocycles. The lowest BCUT2D eigenvalue weighted by Crippen LogP contribution is -2.37. The van der Waals surface area contributed by atoms with Gasteiger partial charge in [0.25, 0.3) is 12.1 Å². The summed E-state index contributed by atoms with van der Waals surface area (Å²) in [4.78, 5) is 70.9. The van der Waals surface area contributed by atoms with Gasteiger partial charge in [0.05, 0.1) is 35.4 Å². The molecule has 8 unspecified atom stereocenters. The monoisotopic (exact) mass is 742 g/mol. The molecule has 11 heteroatoms. The maximum Gasteiger partial charge on any atom is 0.297 e. The Balaban J connectivity index is 1.04. The third kappa shape index (κ3) is 4.79. The largest absolute Gasteiger partial charge is 0.305 e. The molecule has 6 aliphatic carbocycles. The molecule has 0 aliphatic heterocycles. The van der Waals surface area contributed by atoms with E-state index in [9.17, 15) is 29.7 Å². The highest BCUT2D eigenvalue weighted by Crippen LogP contribution is 2.51. The maximum absolute atomic E-state index is 13.6. The Morgan fingerprint density at radius 3 is 1.35 bits per heavy atom. The lowest BCUT2D eigenvalue weighted by molar-refractivity contribution is -0.121. The van der Waals surface area contributed by atoms with Gasteiger partial charge < -0.3 is 9.69 Å². The predicted molar refractivity (Wildman–Crippen MR) is 208 cm³/mol. The summed E-state index contributed by atoms with van der Waals surface area (Å²) in [5.74, 6) is -4.88. The zero-order chi connectivity index (χ0) is 38.9. The van der Waals surface area contributed by atoms with Crippen molar-refractivity contribution in [3.05, 3.63) is 80.7 Å². The van der Waals surface area contributed by atoms with Crippen LogP contribution in [-0.4, -0.2) is 46.6 Å².